The molecule has 0 fully saturated rings. The van der Waals surface area contributed by atoms with Crippen molar-refractivity contribution in [2.24, 2.45) is 10.9 Å². The third kappa shape index (κ3) is 7.92. The Kier molecular flexibility index (Phi) is 9.60. The number of benzene rings is 3. The van der Waals surface area contributed by atoms with Crippen LogP contribution in [0.5, 0.6) is 5.75 Å². The van der Waals surface area contributed by atoms with E-state index in [0.29, 0.717) is 12.3 Å². The van der Waals surface area contributed by atoms with Crippen molar-refractivity contribution in [2.75, 3.05) is 13.7 Å². The fourth-order valence-corrected chi connectivity index (χ4v) is 3.65. The fraction of sp³-hybridized carbons (Fsp3) is 0.290. The van der Waals surface area contributed by atoms with Crippen LogP contribution in [-0.2, 0) is 20.9 Å². The molecule has 0 saturated carbocycles. The first-order valence-corrected chi connectivity index (χ1v) is 12.1. The Morgan fingerprint density at radius 1 is 0.917 bits per heavy atom. The van der Waals surface area contributed by atoms with Crippen molar-refractivity contribution in [3.05, 3.63) is 114 Å². The number of aliphatic imine (C=N–C) groups is 1. The van der Waals surface area contributed by atoms with Gasteiger partial charge in [0.1, 0.15) is 11.4 Å². The number of nitrogens with zero attached hydrogens (tertiary/aromatic N) is 1. The predicted molar refractivity (Wildman–Crippen MR) is 144 cm³/mol. The van der Waals surface area contributed by atoms with Crippen LogP contribution >= 0.6 is 0 Å². The summed E-state index contributed by atoms with van der Waals surface area (Å²) in [6.07, 6.45) is 1.72. The first kappa shape index (κ1) is 26.9. The van der Waals surface area contributed by atoms with E-state index in [-0.39, 0.29) is 12.5 Å². The molecule has 36 heavy (non-hydrogen) atoms. The van der Waals surface area contributed by atoms with E-state index in [2.05, 4.69) is 6.58 Å². The Balaban J connectivity index is 1.92. The molecule has 0 amide bonds. The van der Waals surface area contributed by atoms with Crippen LogP contribution in [0.4, 0.5) is 0 Å². The molecule has 5 heteroatoms. The molecule has 0 bridgehead atoms. The maximum absolute atomic E-state index is 13.4. The van der Waals surface area contributed by atoms with Gasteiger partial charge in [-0.05, 0) is 38.5 Å². The van der Waals surface area contributed by atoms with Gasteiger partial charge in [0.2, 0.25) is 0 Å². The number of esters is 1. The number of carbonyl (C=O) groups is 1. The molecule has 3 aromatic rings. The van der Waals surface area contributed by atoms with Crippen LogP contribution in [0, 0.1) is 5.92 Å². The van der Waals surface area contributed by atoms with Gasteiger partial charge < -0.3 is 14.2 Å². The van der Waals surface area contributed by atoms with Gasteiger partial charge in [0.25, 0.3) is 0 Å². The molecule has 0 N–H and O–H groups in total. The van der Waals surface area contributed by atoms with E-state index in [0.717, 1.165) is 22.4 Å². The van der Waals surface area contributed by atoms with E-state index < -0.39 is 17.6 Å². The van der Waals surface area contributed by atoms with Crippen LogP contribution in [0.3, 0.4) is 0 Å². The summed E-state index contributed by atoms with van der Waals surface area (Å²) in [6, 6.07) is 26.6. The molecule has 0 unspecified atom stereocenters. The monoisotopic (exact) mass is 485 g/mol. The fourth-order valence-electron chi connectivity index (χ4n) is 3.65. The third-order valence-electron chi connectivity index (χ3n) is 5.46. The van der Waals surface area contributed by atoms with E-state index in [1.54, 1.807) is 13.2 Å². The zero-order chi connectivity index (χ0) is 26.0. The lowest BCUT2D eigenvalue weighted by atomic mass is 9.97. The molecule has 188 valence electrons. The summed E-state index contributed by atoms with van der Waals surface area (Å²) in [4.78, 5) is 18.4. The minimum Gasteiger partial charge on any atom is -0.497 e. The number of methoxy groups -OCH3 is 1. The van der Waals surface area contributed by atoms with Crippen molar-refractivity contribution in [3.8, 4) is 5.75 Å². The molecule has 0 aliphatic rings. The van der Waals surface area contributed by atoms with Crippen LogP contribution in [0.25, 0.3) is 0 Å². The molecule has 0 aliphatic heterocycles. The Hall–Kier alpha value is -3.70. The quantitative estimate of drug-likeness (QED) is 0.183. The van der Waals surface area contributed by atoms with Crippen molar-refractivity contribution in [2.45, 2.75) is 39.0 Å². The molecular formula is C31H35NO4. The molecule has 0 radical (unpaired) electrons. The standard InChI is InChI=1S/C31H35NO4/c1-6-24(22-35-21-23-17-19-27(34-5)20-18-23)29(30(33)36-31(2,3)4)32-28(25-13-9-7-10-14-25)26-15-11-8-12-16-26/h6-20,24,29H,1,21-22H2,2-5H3/t24-,29+/m1/s1. The maximum atomic E-state index is 13.4. The number of hydrogen-bond acceptors (Lipinski definition) is 5. The lowest BCUT2D eigenvalue weighted by Crippen LogP contribution is -2.37. The zero-order valence-corrected chi connectivity index (χ0v) is 21.5. The highest BCUT2D eigenvalue weighted by molar-refractivity contribution is 6.13. The van der Waals surface area contributed by atoms with Gasteiger partial charge in [-0.25, -0.2) is 4.79 Å². The van der Waals surface area contributed by atoms with Gasteiger partial charge in [0, 0.05) is 17.0 Å². The smallest absolute Gasteiger partial charge is 0.332 e. The highest BCUT2D eigenvalue weighted by Crippen LogP contribution is 2.21. The second kappa shape index (κ2) is 12.8. The summed E-state index contributed by atoms with van der Waals surface area (Å²) in [6.45, 7) is 10.2. The normalized spacial score (nSPS) is 12.8. The van der Waals surface area contributed by atoms with Gasteiger partial charge in [-0.1, -0.05) is 78.9 Å². The van der Waals surface area contributed by atoms with Crippen LogP contribution in [0.2, 0.25) is 0 Å². The van der Waals surface area contributed by atoms with Crippen LogP contribution < -0.4 is 4.74 Å². The number of rotatable bonds is 11. The van der Waals surface area contributed by atoms with E-state index >= 15 is 0 Å². The van der Waals surface area contributed by atoms with Crippen molar-refractivity contribution in [1.29, 1.82) is 0 Å². The first-order valence-electron chi connectivity index (χ1n) is 12.1. The van der Waals surface area contributed by atoms with Gasteiger partial charge in [-0.2, -0.15) is 0 Å². The SMILES string of the molecule is C=C[C@H](COCc1ccc(OC)cc1)[C@H](N=C(c1ccccc1)c1ccccc1)C(=O)OC(C)(C)C. The van der Waals surface area contributed by atoms with Crippen molar-refractivity contribution >= 4 is 11.7 Å². The van der Waals surface area contributed by atoms with Crippen molar-refractivity contribution < 1.29 is 19.0 Å². The lowest BCUT2D eigenvalue weighted by molar-refractivity contribution is -0.157. The van der Waals surface area contributed by atoms with Crippen molar-refractivity contribution in [3.63, 3.8) is 0 Å². The molecule has 5 nitrogen and oxygen atoms in total. The Bertz CT molecular complexity index is 1090. The van der Waals surface area contributed by atoms with Crippen molar-refractivity contribution in [1.82, 2.24) is 0 Å². The Morgan fingerprint density at radius 3 is 1.94 bits per heavy atom. The summed E-state index contributed by atoms with van der Waals surface area (Å²) in [5, 5.41) is 0. The number of carbonyl (C=O) groups excluding carboxylic acids is 1. The largest absolute Gasteiger partial charge is 0.497 e. The Morgan fingerprint density at radius 2 is 1.47 bits per heavy atom. The minimum absolute atomic E-state index is 0.264. The van der Waals surface area contributed by atoms with E-state index in [4.69, 9.17) is 19.2 Å². The molecule has 0 saturated heterocycles. The molecule has 2 atom stereocenters. The van der Waals surface area contributed by atoms with Gasteiger partial charge >= 0.3 is 5.97 Å². The van der Waals surface area contributed by atoms with Crippen LogP contribution in [-0.4, -0.2) is 37.0 Å². The first-order chi connectivity index (χ1) is 17.3. The summed E-state index contributed by atoms with van der Waals surface area (Å²) < 4.78 is 17.0. The van der Waals surface area contributed by atoms with Gasteiger partial charge in [0.05, 0.1) is 26.0 Å². The zero-order valence-electron chi connectivity index (χ0n) is 21.5. The van der Waals surface area contributed by atoms with Crippen LogP contribution in [0.15, 0.2) is 103 Å². The molecule has 0 aromatic heterocycles. The number of ether oxygens (including phenoxy) is 3. The number of hydrogen-bond donors (Lipinski definition) is 0. The maximum Gasteiger partial charge on any atom is 0.332 e. The molecule has 0 spiro atoms. The summed E-state index contributed by atoms with van der Waals surface area (Å²) in [7, 11) is 1.64. The summed E-state index contributed by atoms with van der Waals surface area (Å²) in [5.41, 5.74) is 2.90. The molecule has 0 heterocycles. The van der Waals surface area contributed by atoms with E-state index in [1.165, 1.54) is 0 Å². The molecule has 0 aliphatic carbocycles. The van der Waals surface area contributed by atoms with E-state index in [1.807, 2.05) is 106 Å². The minimum atomic E-state index is -0.826. The molecule has 3 aromatic carbocycles. The Labute approximate surface area is 214 Å². The molecule has 3 rings (SSSR count). The third-order valence-corrected chi connectivity index (χ3v) is 5.46. The van der Waals surface area contributed by atoms with Crippen LogP contribution in [0.1, 0.15) is 37.5 Å². The predicted octanol–water partition coefficient (Wildman–Crippen LogP) is 6.26. The van der Waals surface area contributed by atoms with E-state index in [9.17, 15) is 4.79 Å². The summed E-state index contributed by atoms with van der Waals surface area (Å²) in [5.74, 6) is -0.0123. The van der Waals surface area contributed by atoms with Gasteiger partial charge in [0.15, 0.2) is 6.04 Å². The van der Waals surface area contributed by atoms with Gasteiger partial charge in [-0.15, -0.1) is 6.58 Å². The van der Waals surface area contributed by atoms with Gasteiger partial charge in [-0.3, -0.25) is 4.99 Å². The topological polar surface area (TPSA) is 57.1 Å². The highest BCUT2D eigenvalue weighted by Gasteiger charge is 2.31. The average Bonchev–Trinajstić information content (AvgIpc) is 2.88. The second-order valence-corrected chi connectivity index (χ2v) is 9.45. The molecular weight excluding hydrogens is 450 g/mol. The average molecular weight is 486 g/mol. The second-order valence-electron chi connectivity index (χ2n) is 9.45. The highest BCUT2D eigenvalue weighted by atomic mass is 16.6. The lowest BCUT2D eigenvalue weighted by Gasteiger charge is -2.26. The summed E-state index contributed by atoms with van der Waals surface area (Å²) >= 11 is 0.